The molecule has 0 radical (unpaired) electrons. The lowest BCUT2D eigenvalue weighted by Crippen LogP contribution is -2.49. The van der Waals surface area contributed by atoms with Gasteiger partial charge < -0.3 is 38.4 Å². The smallest absolute Gasteiger partial charge is 0.344 e. The molecule has 1 aliphatic heterocycles. The number of hydrogen-bond acceptors (Lipinski definition) is 18. The van der Waals surface area contributed by atoms with E-state index in [0.717, 1.165) is 41.1 Å². The Kier molecular flexibility index (Phi) is 17.6. The van der Waals surface area contributed by atoms with Gasteiger partial charge in [0, 0.05) is 66.9 Å². The van der Waals surface area contributed by atoms with Gasteiger partial charge in [0.15, 0.2) is 26.4 Å². The third-order valence-electron chi connectivity index (χ3n) is 7.42. The van der Waals surface area contributed by atoms with Crippen molar-refractivity contribution in [2.45, 2.75) is 41.7 Å². The molecule has 0 fully saturated rings. The topological polar surface area (TPSA) is 276 Å². The van der Waals surface area contributed by atoms with E-state index in [0.29, 0.717) is 11.3 Å². The number of thiophene rings is 1. The van der Waals surface area contributed by atoms with Gasteiger partial charge in [-0.25, -0.2) is 31.1 Å². The number of ether oxygens (including phenoxy) is 5. The summed E-state index contributed by atoms with van der Waals surface area (Å²) in [4.78, 5) is 99.2. The van der Waals surface area contributed by atoms with E-state index in [1.807, 2.05) is 0 Å². The minimum Gasteiger partial charge on any atom is -0.454 e. The largest absolute Gasteiger partial charge is 0.454 e. The minimum atomic E-state index is -4.76. The number of fused-ring (bicyclic) bond motifs is 1. The summed E-state index contributed by atoms with van der Waals surface area (Å²) in [6.45, 7) is -0.981. The van der Waals surface area contributed by atoms with E-state index in [1.54, 1.807) is 11.6 Å². The molecule has 1 atom stereocenters. The molecule has 0 aliphatic carbocycles. The molecule has 0 aromatic carbocycles. The minimum absolute atomic E-state index is 0.0254. The number of carbonyl (C=O) groups excluding carboxylic acids is 8. The van der Waals surface area contributed by atoms with Crippen LogP contribution in [-0.4, -0.2) is 170 Å². The van der Waals surface area contributed by atoms with Crippen LogP contribution >= 0.6 is 11.3 Å². The van der Waals surface area contributed by atoms with Gasteiger partial charge in [0.25, 0.3) is 37.8 Å². The maximum atomic E-state index is 13.8. The van der Waals surface area contributed by atoms with Crippen LogP contribution in [-0.2, 0) is 82.1 Å². The first-order chi connectivity index (χ1) is 25.6. The fraction of sp³-hybridized carbons (Fsp3) is 0.600. The summed E-state index contributed by atoms with van der Waals surface area (Å²) in [6, 6.07) is -0.0402. The molecule has 22 nitrogen and oxygen atoms in total. The monoisotopic (exact) mass is 841 g/mol. The van der Waals surface area contributed by atoms with Crippen LogP contribution in [0, 0.1) is 0 Å². The second-order valence-corrected chi connectivity index (χ2v) is 16.7. The Morgan fingerprint density at radius 3 is 1.87 bits per heavy atom. The lowest BCUT2D eigenvalue weighted by atomic mass is 10.1. The van der Waals surface area contributed by atoms with Crippen molar-refractivity contribution in [3.05, 3.63) is 11.6 Å². The van der Waals surface area contributed by atoms with E-state index in [1.165, 1.54) is 19.1 Å². The van der Waals surface area contributed by atoms with E-state index in [4.69, 9.17) is 9.47 Å². The second kappa shape index (κ2) is 20.8. The lowest BCUT2D eigenvalue weighted by Gasteiger charge is -2.38. The van der Waals surface area contributed by atoms with Crippen LogP contribution in [0.25, 0.3) is 0 Å². The number of hydrogen-bond donors (Lipinski definition) is 1. The van der Waals surface area contributed by atoms with Crippen molar-refractivity contribution in [3.63, 3.8) is 0 Å². The Morgan fingerprint density at radius 2 is 1.38 bits per heavy atom. The molecule has 25 heteroatoms. The fourth-order valence-corrected chi connectivity index (χ4v) is 9.54. The molecule has 1 aromatic heterocycles. The van der Waals surface area contributed by atoms with Crippen LogP contribution in [0.5, 0.6) is 0 Å². The Hall–Kier alpha value is -4.72. The van der Waals surface area contributed by atoms with Crippen molar-refractivity contribution >= 4 is 78.9 Å². The third-order valence-corrected chi connectivity index (χ3v) is 12.8. The zero-order valence-corrected chi connectivity index (χ0v) is 33.3. The van der Waals surface area contributed by atoms with Crippen molar-refractivity contribution in [3.8, 4) is 0 Å². The summed E-state index contributed by atoms with van der Waals surface area (Å²) < 4.78 is 79.5. The van der Waals surface area contributed by atoms with Crippen LogP contribution in [0.15, 0.2) is 14.5 Å². The first-order valence-corrected chi connectivity index (χ1v) is 19.9. The fourth-order valence-electron chi connectivity index (χ4n) is 4.70. The standard InChI is InChI=1S/C30H43N5O17S3/c1-7-35(24(39)14-33(5)26(41)16-52-28(43)18-50-20(3)37)22-12-34(9-8-10-48-6)55(46,47)30-21(22)11-29(53-30)54(44,45)31-23(38)13-32(4)25(40)15-51-27(42)17-49-19(2)36/h11,22H,7-10,12-18H2,1-6H3,(H,31,38)/t22-/m0/s1. The number of sulfonamides is 2. The molecule has 0 saturated heterocycles. The van der Waals surface area contributed by atoms with Crippen molar-refractivity contribution < 1.29 is 78.9 Å². The van der Waals surface area contributed by atoms with Crippen LogP contribution < -0.4 is 4.72 Å². The predicted octanol–water partition coefficient (Wildman–Crippen LogP) is -2.39. The highest BCUT2D eigenvalue weighted by atomic mass is 32.3. The highest BCUT2D eigenvalue weighted by Crippen LogP contribution is 2.42. The predicted molar refractivity (Wildman–Crippen MR) is 185 cm³/mol. The number of likely N-dealkylation sites (N-methyl/N-ethyl adjacent to an activating group) is 3. The molecule has 1 aromatic rings. The molecule has 55 heavy (non-hydrogen) atoms. The molecule has 1 N–H and O–H groups in total. The van der Waals surface area contributed by atoms with Gasteiger partial charge in [-0.15, -0.1) is 11.3 Å². The average Bonchev–Trinajstić information content (AvgIpc) is 3.57. The number of methoxy groups -OCH3 is 1. The average molecular weight is 842 g/mol. The summed E-state index contributed by atoms with van der Waals surface area (Å²) in [5, 5.41) is 0. The maximum absolute atomic E-state index is 13.8. The van der Waals surface area contributed by atoms with E-state index in [2.05, 4.69) is 14.2 Å². The highest BCUT2D eigenvalue weighted by Gasteiger charge is 2.43. The molecule has 2 heterocycles. The summed E-state index contributed by atoms with van der Waals surface area (Å²) in [5.41, 5.74) is -0.0627. The maximum Gasteiger partial charge on any atom is 0.344 e. The molecule has 0 spiro atoms. The summed E-state index contributed by atoms with van der Waals surface area (Å²) in [5.74, 6) is -7.12. The molecule has 2 rings (SSSR count). The molecular weight excluding hydrogens is 799 g/mol. The van der Waals surface area contributed by atoms with Gasteiger partial charge in [0.2, 0.25) is 5.91 Å². The molecule has 4 amide bonds. The zero-order valence-electron chi connectivity index (χ0n) is 30.9. The van der Waals surface area contributed by atoms with Crippen LogP contribution in [0.3, 0.4) is 0 Å². The summed E-state index contributed by atoms with van der Waals surface area (Å²) >= 11 is 0.335. The molecular formula is C30H43N5O17S3. The van der Waals surface area contributed by atoms with Gasteiger partial charge >= 0.3 is 23.9 Å². The van der Waals surface area contributed by atoms with Crippen molar-refractivity contribution in [1.82, 2.24) is 23.7 Å². The zero-order chi connectivity index (χ0) is 41.7. The van der Waals surface area contributed by atoms with Gasteiger partial charge in [-0.2, -0.15) is 4.31 Å². The quantitative estimate of drug-likeness (QED) is 0.0815. The van der Waals surface area contributed by atoms with Gasteiger partial charge in [-0.3, -0.25) is 28.8 Å². The molecule has 1 aliphatic rings. The molecule has 0 unspecified atom stereocenters. The van der Waals surface area contributed by atoms with Gasteiger partial charge in [0.05, 0.1) is 12.6 Å². The van der Waals surface area contributed by atoms with E-state index in [-0.39, 0.29) is 38.2 Å². The van der Waals surface area contributed by atoms with Crippen LogP contribution in [0.2, 0.25) is 0 Å². The molecule has 308 valence electrons. The normalized spacial score (nSPS) is 14.8. The number of esters is 4. The SMILES string of the molecule is CCN(C(=O)CN(C)C(=O)COC(=O)COC(C)=O)[C@H]1CN(CCCOC)S(=O)(=O)c2sc(S(=O)(=O)NC(=O)CN(C)C(=O)COC(=O)COC(C)=O)cc21. The highest BCUT2D eigenvalue weighted by molar-refractivity contribution is 7.94. The van der Waals surface area contributed by atoms with Crippen LogP contribution in [0.4, 0.5) is 0 Å². The Morgan fingerprint density at radius 1 is 0.855 bits per heavy atom. The van der Waals surface area contributed by atoms with Crippen LogP contribution in [0.1, 0.15) is 38.8 Å². The number of nitrogens with one attached hydrogen (secondary N) is 1. The first-order valence-electron chi connectivity index (χ1n) is 16.2. The molecule has 0 saturated carbocycles. The van der Waals surface area contributed by atoms with Gasteiger partial charge in [0.1, 0.15) is 15.0 Å². The first kappa shape index (κ1) is 46.4. The van der Waals surface area contributed by atoms with E-state index >= 15 is 0 Å². The Balaban J connectivity index is 2.30. The Bertz CT molecular complexity index is 1850. The number of carbonyl (C=O) groups is 8. The van der Waals surface area contributed by atoms with Crippen molar-refractivity contribution in [1.29, 1.82) is 0 Å². The molecule has 0 bridgehead atoms. The summed E-state index contributed by atoms with van der Waals surface area (Å²) in [7, 11) is -5.31. The lowest BCUT2D eigenvalue weighted by molar-refractivity contribution is -0.160. The third kappa shape index (κ3) is 13.8. The summed E-state index contributed by atoms with van der Waals surface area (Å²) in [6.07, 6.45) is 0.246. The van der Waals surface area contributed by atoms with Gasteiger partial charge in [-0.05, 0) is 19.4 Å². The number of amides is 4. The second-order valence-electron chi connectivity index (χ2n) is 11.6. The van der Waals surface area contributed by atoms with E-state index in [9.17, 15) is 55.2 Å². The number of nitrogens with zero attached hydrogens (tertiary/aromatic N) is 4. The number of rotatable bonds is 20. The van der Waals surface area contributed by atoms with Crippen molar-refractivity contribution in [2.24, 2.45) is 0 Å². The van der Waals surface area contributed by atoms with Crippen molar-refractivity contribution in [2.75, 3.05) is 87.0 Å². The van der Waals surface area contributed by atoms with E-state index < -0.39 is 122 Å². The van der Waals surface area contributed by atoms with Gasteiger partial charge in [-0.1, -0.05) is 0 Å². The Labute approximate surface area is 321 Å².